The third-order valence-electron chi connectivity index (χ3n) is 4.08. The van der Waals surface area contributed by atoms with Gasteiger partial charge in [0, 0.05) is 0 Å². The minimum atomic E-state index is -2.05. The van der Waals surface area contributed by atoms with Crippen LogP contribution >= 0.6 is 0 Å². The molecule has 0 bridgehead atoms. The van der Waals surface area contributed by atoms with Crippen LogP contribution < -0.4 is 5.73 Å². The standard InChI is InChI=1S/3C4H9.C3H6NO.Sn/c3*1-3-4-2;1-2-3(4)5;/h3*1,3-4H2,2H3;1-2H2,(H2,4,5);. The molecule has 18 heavy (non-hydrogen) atoms. The zero-order valence-corrected chi connectivity index (χ0v) is 15.6. The molecule has 0 radical (unpaired) electrons. The van der Waals surface area contributed by atoms with Crippen LogP contribution in [0, 0.1) is 0 Å². The van der Waals surface area contributed by atoms with E-state index in [9.17, 15) is 4.79 Å². The van der Waals surface area contributed by atoms with Gasteiger partial charge in [0.2, 0.25) is 0 Å². The van der Waals surface area contributed by atoms with E-state index < -0.39 is 18.4 Å². The Labute approximate surface area is 118 Å². The molecule has 0 saturated heterocycles. The predicted octanol–water partition coefficient (Wildman–Crippen LogP) is 4.71. The Kier molecular flexibility index (Phi) is 11.3. The molecule has 1 amide bonds. The molecule has 0 aromatic carbocycles. The first-order chi connectivity index (χ1) is 8.60. The summed E-state index contributed by atoms with van der Waals surface area (Å²) in [5.74, 6) is -0.0828. The number of hydrogen-bond donors (Lipinski definition) is 1. The normalized spacial score (nSPS) is 11.7. The Morgan fingerprint density at radius 1 is 0.833 bits per heavy atom. The molecule has 0 aliphatic rings. The number of rotatable bonds is 12. The molecule has 108 valence electrons. The minimum absolute atomic E-state index is 0.0828. The van der Waals surface area contributed by atoms with Crippen molar-refractivity contribution in [2.45, 2.75) is 83.5 Å². The summed E-state index contributed by atoms with van der Waals surface area (Å²) in [4.78, 5) is 11.1. The summed E-state index contributed by atoms with van der Waals surface area (Å²) in [6.07, 6.45) is 8.69. The molecule has 0 aliphatic heterocycles. The van der Waals surface area contributed by atoms with E-state index in [-0.39, 0.29) is 5.91 Å². The first-order valence-corrected chi connectivity index (χ1v) is 16.0. The van der Waals surface area contributed by atoms with Gasteiger partial charge in [0.05, 0.1) is 0 Å². The van der Waals surface area contributed by atoms with Gasteiger partial charge in [-0.25, -0.2) is 0 Å². The fourth-order valence-electron chi connectivity index (χ4n) is 2.79. The van der Waals surface area contributed by atoms with Crippen LogP contribution in [-0.2, 0) is 4.79 Å². The van der Waals surface area contributed by atoms with Gasteiger partial charge >= 0.3 is 118 Å². The van der Waals surface area contributed by atoms with Crippen LogP contribution in [0.5, 0.6) is 0 Å². The third kappa shape index (κ3) is 8.38. The molecule has 0 saturated carbocycles. The van der Waals surface area contributed by atoms with Crippen LogP contribution in [0.4, 0.5) is 0 Å². The Morgan fingerprint density at radius 2 is 1.22 bits per heavy atom. The van der Waals surface area contributed by atoms with Crippen LogP contribution in [0.25, 0.3) is 0 Å². The summed E-state index contributed by atoms with van der Waals surface area (Å²) in [6, 6.07) is 0. The van der Waals surface area contributed by atoms with E-state index in [1.165, 1.54) is 56.3 Å². The molecule has 0 atom stereocenters. The first-order valence-electron chi connectivity index (χ1n) is 7.88. The van der Waals surface area contributed by atoms with Gasteiger partial charge < -0.3 is 0 Å². The average molecular weight is 362 g/mol. The van der Waals surface area contributed by atoms with E-state index in [2.05, 4.69) is 20.8 Å². The van der Waals surface area contributed by atoms with Crippen molar-refractivity contribution in [3.05, 3.63) is 0 Å². The Bertz CT molecular complexity index is 197. The van der Waals surface area contributed by atoms with Crippen molar-refractivity contribution in [1.29, 1.82) is 0 Å². The Morgan fingerprint density at radius 3 is 1.50 bits per heavy atom. The van der Waals surface area contributed by atoms with Crippen LogP contribution in [0.15, 0.2) is 0 Å². The van der Waals surface area contributed by atoms with Crippen molar-refractivity contribution >= 4 is 24.3 Å². The molecule has 0 aromatic rings. The van der Waals surface area contributed by atoms with Gasteiger partial charge in [0.25, 0.3) is 0 Å². The summed E-state index contributed by atoms with van der Waals surface area (Å²) in [7, 11) is 0. The number of amides is 1. The van der Waals surface area contributed by atoms with Crippen molar-refractivity contribution in [1.82, 2.24) is 0 Å². The van der Waals surface area contributed by atoms with Crippen LogP contribution in [0.1, 0.15) is 65.7 Å². The molecule has 0 rings (SSSR count). The van der Waals surface area contributed by atoms with E-state index in [4.69, 9.17) is 5.73 Å². The molecular formula is C15H33NOSn. The monoisotopic (exact) mass is 363 g/mol. The van der Waals surface area contributed by atoms with Crippen molar-refractivity contribution in [3.63, 3.8) is 0 Å². The fourth-order valence-corrected chi connectivity index (χ4v) is 18.7. The van der Waals surface area contributed by atoms with Crippen molar-refractivity contribution in [2.75, 3.05) is 0 Å². The van der Waals surface area contributed by atoms with Crippen LogP contribution in [0.3, 0.4) is 0 Å². The number of carbonyl (C=O) groups excluding carboxylic acids is 1. The molecule has 2 nitrogen and oxygen atoms in total. The zero-order valence-electron chi connectivity index (χ0n) is 12.8. The second-order valence-corrected chi connectivity index (χ2v) is 20.0. The van der Waals surface area contributed by atoms with E-state index >= 15 is 0 Å². The summed E-state index contributed by atoms with van der Waals surface area (Å²) in [5, 5.41) is 0. The second kappa shape index (κ2) is 11.1. The molecule has 0 aliphatic carbocycles. The van der Waals surface area contributed by atoms with E-state index in [1.807, 2.05) is 0 Å². The maximum atomic E-state index is 11.1. The van der Waals surface area contributed by atoms with Gasteiger partial charge in [-0.1, -0.05) is 0 Å². The number of carbonyl (C=O) groups is 1. The predicted molar refractivity (Wildman–Crippen MR) is 83.5 cm³/mol. The van der Waals surface area contributed by atoms with Crippen molar-refractivity contribution in [2.24, 2.45) is 5.73 Å². The number of hydrogen-bond acceptors (Lipinski definition) is 1. The van der Waals surface area contributed by atoms with Crippen LogP contribution in [-0.4, -0.2) is 24.3 Å². The van der Waals surface area contributed by atoms with Crippen molar-refractivity contribution in [3.8, 4) is 0 Å². The maximum absolute atomic E-state index is 11.1. The molecule has 3 heteroatoms. The fraction of sp³-hybridized carbons (Fsp3) is 0.933. The summed E-state index contributed by atoms with van der Waals surface area (Å²) < 4.78 is 5.67. The first kappa shape index (κ1) is 18.3. The quantitative estimate of drug-likeness (QED) is 0.502. The topological polar surface area (TPSA) is 43.1 Å². The molecule has 0 heterocycles. The van der Waals surface area contributed by atoms with E-state index in [0.717, 1.165) is 0 Å². The molecule has 0 fully saturated rings. The number of primary amides is 1. The SMILES string of the molecule is CCC[CH2][Sn]([CH2]CCC)([CH2]CCC)[CH2]CC(N)=O. The van der Waals surface area contributed by atoms with E-state index in [0.29, 0.717) is 6.42 Å². The van der Waals surface area contributed by atoms with Gasteiger partial charge in [0.15, 0.2) is 0 Å². The zero-order chi connectivity index (χ0) is 13.9. The summed E-state index contributed by atoms with van der Waals surface area (Å²) >= 11 is -2.05. The Balaban J connectivity index is 4.55. The molecular weight excluding hydrogens is 329 g/mol. The van der Waals surface area contributed by atoms with Gasteiger partial charge in [0.1, 0.15) is 0 Å². The summed E-state index contributed by atoms with van der Waals surface area (Å²) in [5.41, 5.74) is 5.38. The molecule has 0 unspecified atom stereocenters. The van der Waals surface area contributed by atoms with Gasteiger partial charge in [-0.15, -0.1) is 0 Å². The molecule has 0 spiro atoms. The van der Waals surface area contributed by atoms with Gasteiger partial charge in [-0.2, -0.15) is 0 Å². The van der Waals surface area contributed by atoms with E-state index in [1.54, 1.807) is 0 Å². The molecule has 2 N–H and O–H groups in total. The second-order valence-electron chi connectivity index (χ2n) is 5.78. The average Bonchev–Trinajstić information content (AvgIpc) is 2.37. The number of nitrogens with two attached hydrogens (primary N) is 1. The Hall–Kier alpha value is 0.269. The van der Waals surface area contributed by atoms with Gasteiger partial charge in [-0.3, -0.25) is 0 Å². The summed E-state index contributed by atoms with van der Waals surface area (Å²) in [6.45, 7) is 6.85. The van der Waals surface area contributed by atoms with Gasteiger partial charge in [-0.05, 0) is 0 Å². The van der Waals surface area contributed by atoms with Crippen molar-refractivity contribution < 1.29 is 4.79 Å². The third-order valence-corrected chi connectivity index (χ3v) is 19.9. The molecule has 0 aromatic heterocycles. The number of unbranched alkanes of at least 4 members (excludes halogenated alkanes) is 3. The van der Waals surface area contributed by atoms with Crippen LogP contribution in [0.2, 0.25) is 17.7 Å².